The van der Waals surface area contributed by atoms with Gasteiger partial charge in [0.25, 0.3) is 0 Å². The Morgan fingerprint density at radius 2 is 1.41 bits per heavy atom. The zero-order chi connectivity index (χ0) is 25.0. The molecule has 1 unspecified atom stereocenters. The van der Waals surface area contributed by atoms with Crippen LogP contribution in [0.3, 0.4) is 0 Å². The van der Waals surface area contributed by atoms with Gasteiger partial charge in [0.05, 0.1) is 0 Å². The van der Waals surface area contributed by atoms with E-state index < -0.39 is 0 Å². The van der Waals surface area contributed by atoms with Gasteiger partial charge in [0.15, 0.2) is 0 Å². The van der Waals surface area contributed by atoms with Gasteiger partial charge < -0.3 is 14.7 Å². The smallest absolute Gasteiger partial charge is 0.120 e. The molecule has 0 spiro atoms. The normalized spacial score (nSPS) is 14.4. The molecular weight excluding hydrogens is 454 g/mol. The lowest BCUT2D eigenvalue weighted by Gasteiger charge is -2.22. The lowest BCUT2D eigenvalue weighted by Crippen LogP contribution is -2.22. The molecular formula is C34H29NO2. The lowest BCUT2D eigenvalue weighted by atomic mass is 9.92. The SMILES string of the molecule is Oc1ccc(OCc2ccccc2)cc1C1CN(Cc2ccccc2-c2ccccc2)c2ccccc21. The molecule has 1 N–H and O–H groups in total. The van der Waals surface area contributed by atoms with Gasteiger partial charge in [-0.25, -0.2) is 0 Å². The summed E-state index contributed by atoms with van der Waals surface area (Å²) in [6, 6.07) is 43.5. The fraction of sp³-hybridized carbons (Fsp3) is 0.118. The molecule has 0 saturated carbocycles. The number of anilines is 1. The second-order valence-electron chi connectivity index (χ2n) is 9.51. The number of phenols is 1. The number of ether oxygens (including phenoxy) is 1. The Morgan fingerprint density at radius 1 is 0.703 bits per heavy atom. The van der Waals surface area contributed by atoms with Crippen LogP contribution in [0.4, 0.5) is 5.69 Å². The van der Waals surface area contributed by atoms with Crippen molar-refractivity contribution in [3.8, 4) is 22.6 Å². The number of nitrogens with zero attached hydrogens (tertiary/aromatic N) is 1. The molecule has 1 heterocycles. The van der Waals surface area contributed by atoms with Gasteiger partial charge in [-0.3, -0.25) is 0 Å². The molecule has 1 aliphatic rings. The summed E-state index contributed by atoms with van der Waals surface area (Å²) in [5.74, 6) is 1.13. The maximum Gasteiger partial charge on any atom is 0.120 e. The number of hydrogen-bond donors (Lipinski definition) is 1. The van der Waals surface area contributed by atoms with Gasteiger partial charge in [0, 0.05) is 30.3 Å². The van der Waals surface area contributed by atoms with Crippen LogP contribution in [0.2, 0.25) is 0 Å². The highest BCUT2D eigenvalue weighted by atomic mass is 16.5. The number of phenolic OH excluding ortho intramolecular Hbond substituents is 1. The van der Waals surface area contributed by atoms with Crippen LogP contribution in [0.1, 0.15) is 28.2 Å². The molecule has 0 saturated heterocycles. The molecule has 0 radical (unpaired) electrons. The monoisotopic (exact) mass is 483 g/mol. The maximum atomic E-state index is 10.9. The number of para-hydroxylation sites is 1. The van der Waals surface area contributed by atoms with Crippen molar-refractivity contribution in [2.45, 2.75) is 19.1 Å². The van der Waals surface area contributed by atoms with E-state index in [2.05, 4.69) is 95.9 Å². The van der Waals surface area contributed by atoms with E-state index in [9.17, 15) is 5.11 Å². The number of aromatic hydroxyl groups is 1. The van der Waals surface area contributed by atoms with Crippen molar-refractivity contribution < 1.29 is 9.84 Å². The van der Waals surface area contributed by atoms with E-state index in [1.807, 2.05) is 30.3 Å². The summed E-state index contributed by atoms with van der Waals surface area (Å²) >= 11 is 0. The lowest BCUT2D eigenvalue weighted by molar-refractivity contribution is 0.305. The van der Waals surface area contributed by atoms with Crippen molar-refractivity contribution in [1.29, 1.82) is 0 Å². The predicted octanol–water partition coefficient (Wildman–Crippen LogP) is 7.79. The highest BCUT2D eigenvalue weighted by Crippen LogP contribution is 2.44. The molecule has 6 rings (SSSR count). The first-order valence-corrected chi connectivity index (χ1v) is 12.7. The Bertz CT molecular complexity index is 1500. The van der Waals surface area contributed by atoms with E-state index in [4.69, 9.17) is 4.74 Å². The van der Waals surface area contributed by atoms with Gasteiger partial charge in [-0.15, -0.1) is 0 Å². The molecule has 3 heteroatoms. The third kappa shape index (κ3) is 4.81. The number of benzene rings is 5. The van der Waals surface area contributed by atoms with Crippen LogP contribution in [0.25, 0.3) is 11.1 Å². The van der Waals surface area contributed by atoms with Gasteiger partial charge in [-0.1, -0.05) is 103 Å². The van der Waals surface area contributed by atoms with Crippen LogP contribution in [0, 0.1) is 0 Å². The van der Waals surface area contributed by atoms with Gasteiger partial charge in [0.1, 0.15) is 18.1 Å². The Morgan fingerprint density at radius 3 is 2.24 bits per heavy atom. The van der Waals surface area contributed by atoms with Crippen LogP contribution in [-0.4, -0.2) is 11.7 Å². The summed E-state index contributed by atoms with van der Waals surface area (Å²) in [6.45, 7) is 2.08. The van der Waals surface area contributed by atoms with Crippen LogP contribution >= 0.6 is 0 Å². The summed E-state index contributed by atoms with van der Waals surface area (Å²) < 4.78 is 6.10. The molecule has 0 amide bonds. The van der Waals surface area contributed by atoms with Crippen molar-refractivity contribution in [2.24, 2.45) is 0 Å². The topological polar surface area (TPSA) is 32.7 Å². The second-order valence-corrected chi connectivity index (χ2v) is 9.51. The minimum atomic E-state index is 0.0559. The summed E-state index contributed by atoms with van der Waals surface area (Å²) in [7, 11) is 0. The minimum absolute atomic E-state index is 0.0559. The first kappa shape index (κ1) is 22.9. The van der Waals surface area contributed by atoms with Crippen LogP contribution in [0.5, 0.6) is 11.5 Å². The van der Waals surface area contributed by atoms with Crippen molar-refractivity contribution in [2.75, 3.05) is 11.4 Å². The zero-order valence-corrected chi connectivity index (χ0v) is 20.6. The van der Waals surface area contributed by atoms with Gasteiger partial charge in [0.2, 0.25) is 0 Å². The first-order valence-electron chi connectivity index (χ1n) is 12.7. The molecule has 182 valence electrons. The Balaban J connectivity index is 1.29. The second kappa shape index (κ2) is 10.2. The third-order valence-electron chi connectivity index (χ3n) is 7.14. The fourth-order valence-electron chi connectivity index (χ4n) is 5.31. The molecule has 37 heavy (non-hydrogen) atoms. The average molecular weight is 484 g/mol. The van der Waals surface area contributed by atoms with Crippen LogP contribution in [0.15, 0.2) is 127 Å². The Labute approximate surface area is 218 Å². The van der Waals surface area contributed by atoms with Crippen molar-refractivity contribution in [3.63, 3.8) is 0 Å². The number of hydrogen-bond acceptors (Lipinski definition) is 3. The number of rotatable bonds is 7. The van der Waals surface area contributed by atoms with E-state index in [0.717, 1.165) is 30.0 Å². The summed E-state index contributed by atoms with van der Waals surface area (Å²) in [6.07, 6.45) is 0. The fourth-order valence-corrected chi connectivity index (χ4v) is 5.31. The van der Waals surface area contributed by atoms with Gasteiger partial charge >= 0.3 is 0 Å². The standard InChI is InChI=1S/C34H29NO2/c36-34-20-19-28(37-24-25-11-3-1-4-12-25)21-31(34)32-23-35(33-18-10-9-17-30(32)33)22-27-15-7-8-16-29(27)26-13-5-2-6-14-26/h1-21,32,36H,22-24H2. The van der Waals surface area contributed by atoms with E-state index >= 15 is 0 Å². The maximum absolute atomic E-state index is 10.9. The van der Waals surface area contributed by atoms with E-state index in [1.54, 1.807) is 6.07 Å². The molecule has 0 bridgehead atoms. The van der Waals surface area contributed by atoms with E-state index in [1.165, 1.54) is 27.9 Å². The minimum Gasteiger partial charge on any atom is -0.508 e. The van der Waals surface area contributed by atoms with Gasteiger partial charge in [-0.05, 0) is 52.1 Å². The molecule has 0 aromatic heterocycles. The molecule has 0 fully saturated rings. The Kier molecular flexibility index (Phi) is 6.35. The van der Waals surface area contributed by atoms with Crippen molar-refractivity contribution >= 4 is 5.69 Å². The molecule has 0 aliphatic carbocycles. The number of fused-ring (bicyclic) bond motifs is 1. The molecule has 5 aromatic rings. The summed E-state index contributed by atoms with van der Waals surface area (Å²) in [5, 5.41) is 10.9. The highest BCUT2D eigenvalue weighted by Gasteiger charge is 2.31. The van der Waals surface area contributed by atoms with E-state index in [-0.39, 0.29) is 5.92 Å². The van der Waals surface area contributed by atoms with Crippen molar-refractivity contribution in [3.05, 3.63) is 150 Å². The average Bonchev–Trinajstić information content (AvgIpc) is 3.32. The summed E-state index contributed by atoms with van der Waals surface area (Å²) in [5.41, 5.74) is 8.23. The van der Waals surface area contributed by atoms with Gasteiger partial charge in [-0.2, -0.15) is 0 Å². The quantitative estimate of drug-likeness (QED) is 0.256. The van der Waals surface area contributed by atoms with Crippen LogP contribution < -0.4 is 9.64 Å². The third-order valence-corrected chi connectivity index (χ3v) is 7.14. The molecule has 5 aromatic carbocycles. The summed E-state index contributed by atoms with van der Waals surface area (Å²) in [4.78, 5) is 2.43. The predicted molar refractivity (Wildman–Crippen MR) is 150 cm³/mol. The molecule has 3 nitrogen and oxygen atoms in total. The Hall–Kier alpha value is -4.50. The molecule has 1 atom stereocenters. The van der Waals surface area contributed by atoms with Crippen molar-refractivity contribution in [1.82, 2.24) is 0 Å². The highest BCUT2D eigenvalue weighted by molar-refractivity contribution is 5.70. The van der Waals surface area contributed by atoms with E-state index in [0.29, 0.717) is 12.4 Å². The molecule has 1 aliphatic heterocycles. The zero-order valence-electron chi connectivity index (χ0n) is 20.6. The van der Waals surface area contributed by atoms with Crippen LogP contribution in [-0.2, 0) is 13.2 Å². The first-order chi connectivity index (χ1) is 18.3. The largest absolute Gasteiger partial charge is 0.508 e.